The van der Waals surface area contributed by atoms with Gasteiger partial charge in [-0.3, -0.25) is 38.5 Å². The van der Waals surface area contributed by atoms with Crippen molar-refractivity contribution in [3.8, 4) is 0 Å². The van der Waals surface area contributed by atoms with Crippen molar-refractivity contribution in [3.05, 3.63) is 118 Å². The highest BCUT2D eigenvalue weighted by Crippen LogP contribution is 2.29. The first-order chi connectivity index (χ1) is 31.0. The maximum absolute atomic E-state index is 13.8. The summed E-state index contributed by atoms with van der Waals surface area (Å²) in [5.74, 6) is -3.74. The predicted octanol–water partition coefficient (Wildman–Crippen LogP) is 2.88. The standard InChI is InChI=1S/C47H63N9O10/c1-28-22-31(4)53(7)34(44(28)64)25-49-37(57)12-17-47(18-13-38(58)50-26-35-45(65)29(2)23-32(5)54(35)8,19-14-39(59)51-27-36-46(66)30(3)24-33(6)55(36)9)52-41(61)15-20-48-40(60)16-21-56-42(62)10-11-43(56)63/h10-11,22-24,64-66H,1-3,12-21,25-27H2,4-9H3,(H,48,60)(H,49,57)(H,50,58)(H,51,59)(H,52,61). The third-order valence-electron chi connectivity index (χ3n) is 12.1. The van der Waals surface area contributed by atoms with E-state index in [9.17, 15) is 48.9 Å². The van der Waals surface area contributed by atoms with Crippen LogP contribution >= 0.6 is 0 Å². The lowest BCUT2D eigenvalue weighted by Gasteiger charge is -2.35. The minimum absolute atomic E-state index is 0.0487. The number of amides is 7. The molecule has 8 N–H and O–H groups in total. The lowest BCUT2D eigenvalue weighted by molar-refractivity contribution is -0.137. The maximum Gasteiger partial charge on any atom is 0.253 e. The van der Waals surface area contributed by atoms with E-state index in [2.05, 4.69) is 46.3 Å². The molecule has 0 bridgehead atoms. The van der Waals surface area contributed by atoms with Gasteiger partial charge in [0.05, 0.1) is 36.7 Å². The molecule has 19 nitrogen and oxygen atoms in total. The molecule has 0 saturated heterocycles. The van der Waals surface area contributed by atoms with E-state index in [4.69, 9.17) is 0 Å². The summed E-state index contributed by atoms with van der Waals surface area (Å²) < 4.78 is 0. The second-order valence-corrected chi connectivity index (χ2v) is 16.7. The smallest absolute Gasteiger partial charge is 0.253 e. The molecule has 4 rings (SSSR count). The minimum atomic E-state index is -1.36. The molecule has 0 unspecified atom stereocenters. The topological polar surface area (TPSA) is 253 Å². The molecule has 4 aliphatic heterocycles. The number of hydrogen-bond acceptors (Lipinski definition) is 13. The van der Waals surface area contributed by atoms with Gasteiger partial charge in [0.15, 0.2) is 0 Å². The first-order valence-electron chi connectivity index (χ1n) is 21.6. The highest BCUT2D eigenvalue weighted by molar-refractivity contribution is 6.13. The molecular formula is C47H63N9O10. The van der Waals surface area contributed by atoms with E-state index >= 15 is 0 Å². The zero-order valence-electron chi connectivity index (χ0n) is 38.7. The minimum Gasteiger partial charge on any atom is -0.505 e. The summed E-state index contributed by atoms with van der Waals surface area (Å²) in [7, 11) is 5.20. The van der Waals surface area contributed by atoms with Crippen molar-refractivity contribution in [2.75, 3.05) is 53.9 Å². The Kier molecular flexibility index (Phi) is 17.5. The van der Waals surface area contributed by atoms with E-state index in [0.717, 1.165) is 34.1 Å². The van der Waals surface area contributed by atoms with Crippen LogP contribution in [-0.2, 0) is 33.6 Å². The van der Waals surface area contributed by atoms with E-state index < -0.39 is 46.9 Å². The molecule has 0 aromatic heterocycles. The summed E-state index contributed by atoms with van der Waals surface area (Å²) in [5.41, 5.74) is 3.41. The summed E-state index contributed by atoms with van der Waals surface area (Å²) in [5, 5.41) is 46.2. The van der Waals surface area contributed by atoms with Crippen molar-refractivity contribution in [1.82, 2.24) is 46.2 Å². The molecule has 356 valence electrons. The van der Waals surface area contributed by atoms with Gasteiger partial charge in [-0.15, -0.1) is 0 Å². The van der Waals surface area contributed by atoms with Gasteiger partial charge >= 0.3 is 0 Å². The van der Waals surface area contributed by atoms with Gasteiger partial charge in [0.2, 0.25) is 29.5 Å². The lowest BCUT2D eigenvalue weighted by Crippen LogP contribution is -2.51. The third-order valence-corrected chi connectivity index (χ3v) is 12.1. The monoisotopic (exact) mass is 913 g/mol. The molecule has 19 heteroatoms. The number of nitrogens with zero attached hydrogens (tertiary/aromatic N) is 4. The molecule has 4 heterocycles. The van der Waals surface area contributed by atoms with Crippen LogP contribution in [0.2, 0.25) is 0 Å². The molecule has 66 heavy (non-hydrogen) atoms. The summed E-state index contributed by atoms with van der Waals surface area (Å²) in [6.07, 6.45) is 6.20. The summed E-state index contributed by atoms with van der Waals surface area (Å²) in [4.78, 5) is 97.0. The van der Waals surface area contributed by atoms with E-state index in [1.165, 1.54) is 0 Å². The molecule has 0 saturated carbocycles. The molecule has 0 atom stereocenters. The largest absolute Gasteiger partial charge is 0.505 e. The number of carbonyl (C=O) groups excluding carboxylic acids is 7. The van der Waals surface area contributed by atoms with Gasteiger partial charge < -0.3 is 56.6 Å². The Morgan fingerprint density at radius 2 is 0.864 bits per heavy atom. The third kappa shape index (κ3) is 13.4. The second-order valence-electron chi connectivity index (χ2n) is 16.7. The highest BCUT2D eigenvalue weighted by atomic mass is 16.3. The molecule has 0 spiro atoms. The fraction of sp³-hybridized carbons (Fsp3) is 0.426. The average Bonchev–Trinajstić information content (AvgIpc) is 3.59. The van der Waals surface area contributed by atoms with E-state index in [0.29, 0.717) is 33.8 Å². The van der Waals surface area contributed by atoms with Crippen LogP contribution in [-0.4, -0.2) is 136 Å². The lowest BCUT2D eigenvalue weighted by atomic mass is 9.83. The van der Waals surface area contributed by atoms with Crippen molar-refractivity contribution in [2.45, 2.75) is 77.7 Å². The van der Waals surface area contributed by atoms with Crippen LogP contribution in [0.5, 0.6) is 0 Å². The van der Waals surface area contributed by atoms with E-state index in [-0.39, 0.29) is 101 Å². The van der Waals surface area contributed by atoms with Gasteiger partial charge in [-0.1, -0.05) is 19.7 Å². The molecule has 0 fully saturated rings. The highest BCUT2D eigenvalue weighted by Gasteiger charge is 2.35. The fourth-order valence-electron chi connectivity index (χ4n) is 7.59. The van der Waals surface area contributed by atoms with Crippen LogP contribution in [0.4, 0.5) is 0 Å². The van der Waals surface area contributed by atoms with Gasteiger partial charge in [-0.05, 0) is 58.3 Å². The molecular weight excluding hydrogens is 851 g/mol. The molecule has 4 aliphatic rings. The number of aliphatic hydroxyl groups excluding tert-OH is 3. The summed E-state index contributed by atoms with van der Waals surface area (Å²) >= 11 is 0. The zero-order chi connectivity index (χ0) is 49.0. The Labute approximate surface area is 385 Å². The number of hydrogen-bond donors (Lipinski definition) is 8. The Morgan fingerprint density at radius 1 is 0.530 bits per heavy atom. The van der Waals surface area contributed by atoms with Gasteiger partial charge in [-0.25, -0.2) is 0 Å². The Morgan fingerprint density at radius 3 is 1.21 bits per heavy atom. The van der Waals surface area contributed by atoms with Crippen LogP contribution in [0, 0.1) is 0 Å². The average molecular weight is 914 g/mol. The van der Waals surface area contributed by atoms with Crippen LogP contribution in [0.3, 0.4) is 0 Å². The Bertz CT molecular complexity index is 2090. The van der Waals surface area contributed by atoms with E-state index in [1.807, 2.05) is 20.8 Å². The van der Waals surface area contributed by atoms with Crippen LogP contribution in [0.1, 0.15) is 72.1 Å². The number of imide groups is 1. The van der Waals surface area contributed by atoms with Crippen molar-refractivity contribution < 1.29 is 48.9 Å². The van der Waals surface area contributed by atoms with Crippen molar-refractivity contribution in [1.29, 1.82) is 0 Å². The number of nitrogens with one attached hydrogen (secondary N) is 5. The number of likely N-dealkylation sites (N-methyl/N-ethyl adjacent to an activating group) is 3. The predicted molar refractivity (Wildman–Crippen MR) is 247 cm³/mol. The quantitative estimate of drug-likeness (QED) is 0.0729. The molecule has 0 aromatic rings. The Balaban J connectivity index is 1.54. The summed E-state index contributed by atoms with van der Waals surface area (Å²) in [6, 6.07) is 0. The molecule has 0 radical (unpaired) electrons. The molecule has 0 aliphatic carbocycles. The molecule has 0 aromatic carbocycles. The zero-order valence-corrected chi connectivity index (χ0v) is 38.7. The van der Waals surface area contributed by atoms with Crippen LogP contribution in [0.25, 0.3) is 0 Å². The van der Waals surface area contributed by atoms with Gasteiger partial charge in [0.1, 0.15) is 17.3 Å². The normalized spacial score (nSPS) is 16.8. The molecule has 7 amide bonds. The number of carbonyl (C=O) groups is 7. The summed E-state index contributed by atoms with van der Waals surface area (Å²) in [6.45, 7) is 16.6. The maximum atomic E-state index is 13.8. The fourth-order valence-corrected chi connectivity index (χ4v) is 7.59. The number of aliphatic hydroxyl groups is 3. The number of rotatable bonds is 22. The van der Waals surface area contributed by atoms with Crippen LogP contribution < -0.4 is 26.6 Å². The van der Waals surface area contributed by atoms with Crippen molar-refractivity contribution in [3.63, 3.8) is 0 Å². The first-order valence-corrected chi connectivity index (χ1v) is 21.6. The van der Waals surface area contributed by atoms with Crippen molar-refractivity contribution in [2.24, 2.45) is 0 Å². The van der Waals surface area contributed by atoms with Gasteiger partial charge in [-0.2, -0.15) is 0 Å². The van der Waals surface area contributed by atoms with Crippen LogP contribution in [0.15, 0.2) is 118 Å². The number of allylic oxidation sites excluding steroid dienone is 6. The Hall–Kier alpha value is -7.31. The second kappa shape index (κ2) is 22.5. The first kappa shape index (κ1) is 51.3. The van der Waals surface area contributed by atoms with Crippen molar-refractivity contribution >= 4 is 41.4 Å². The van der Waals surface area contributed by atoms with E-state index in [1.54, 1.807) is 54.1 Å². The van der Waals surface area contributed by atoms with Gasteiger partial charge in [0.25, 0.3) is 11.8 Å². The van der Waals surface area contributed by atoms with Gasteiger partial charge in [0, 0.05) is 118 Å². The SMILES string of the molecule is C=C1C=C(C)N(C)C(CNC(=O)CCC(CCC(=O)NCC2=C(O)C(=C)C=C(C)N2C)(CCC(=O)NCC2=C(O)C(=C)C=C(C)N2C)NC(=O)CCNC(=O)CCN2C(=O)C=CC2=O)=C1O.